The lowest BCUT2D eigenvalue weighted by Crippen LogP contribution is -2.49. The van der Waals surface area contributed by atoms with Gasteiger partial charge in [0.2, 0.25) is 0 Å². The van der Waals surface area contributed by atoms with Crippen LogP contribution in [0, 0.1) is 5.92 Å². The zero-order valence-corrected chi connectivity index (χ0v) is 15.1. The molecule has 136 valence electrons. The van der Waals surface area contributed by atoms with E-state index >= 15 is 0 Å². The minimum atomic E-state index is -0.0523. The van der Waals surface area contributed by atoms with Gasteiger partial charge in [0.1, 0.15) is 5.75 Å². The number of nitrogens with zero attached hydrogens (tertiary/aromatic N) is 2. The van der Waals surface area contributed by atoms with E-state index < -0.39 is 0 Å². The number of benzene rings is 2. The molecule has 2 aliphatic rings. The molecule has 1 aliphatic heterocycles. The summed E-state index contributed by atoms with van der Waals surface area (Å²) in [6.45, 7) is 4.54. The van der Waals surface area contributed by atoms with Gasteiger partial charge >= 0.3 is 0 Å². The van der Waals surface area contributed by atoms with E-state index in [0.29, 0.717) is 5.56 Å². The molecular weight excluding hydrogens is 324 g/mol. The Morgan fingerprint density at radius 3 is 2.38 bits per heavy atom. The molecule has 4 rings (SSSR count). The second-order valence-corrected chi connectivity index (χ2v) is 7.55. The van der Waals surface area contributed by atoms with Crippen molar-refractivity contribution in [1.82, 2.24) is 9.80 Å². The molecular formula is C22H26N2O2. The first-order valence-corrected chi connectivity index (χ1v) is 9.56. The number of phenolic OH excluding ortho intramolecular Hbond substituents is 1. The van der Waals surface area contributed by atoms with E-state index in [9.17, 15) is 9.90 Å². The summed E-state index contributed by atoms with van der Waals surface area (Å²) in [4.78, 5) is 17.3. The van der Waals surface area contributed by atoms with Crippen molar-refractivity contribution in [3.05, 3.63) is 65.2 Å². The van der Waals surface area contributed by atoms with Crippen molar-refractivity contribution in [3.63, 3.8) is 0 Å². The molecule has 0 atom stereocenters. The Kier molecular flexibility index (Phi) is 4.93. The van der Waals surface area contributed by atoms with E-state index in [1.807, 2.05) is 35.2 Å². The zero-order valence-electron chi connectivity index (χ0n) is 15.1. The van der Waals surface area contributed by atoms with Crippen LogP contribution >= 0.6 is 0 Å². The topological polar surface area (TPSA) is 43.8 Å². The lowest BCUT2D eigenvalue weighted by molar-refractivity contribution is 0.0629. The Morgan fingerprint density at radius 1 is 0.962 bits per heavy atom. The molecule has 0 bridgehead atoms. The lowest BCUT2D eigenvalue weighted by atomic mass is 10.0. The van der Waals surface area contributed by atoms with Crippen molar-refractivity contribution in [1.29, 1.82) is 0 Å². The predicted molar refractivity (Wildman–Crippen MR) is 102 cm³/mol. The van der Waals surface area contributed by atoms with Gasteiger partial charge in [-0.05, 0) is 48.4 Å². The second kappa shape index (κ2) is 7.50. The average molecular weight is 350 g/mol. The maximum absolute atomic E-state index is 12.9. The SMILES string of the molecule is O=C(c1cc(Cc2ccccc2)ccc1O)N1CCN(CC2CC2)CC1. The molecule has 1 saturated carbocycles. The summed E-state index contributed by atoms with van der Waals surface area (Å²) in [5.41, 5.74) is 2.67. The Hall–Kier alpha value is -2.33. The fourth-order valence-electron chi connectivity index (χ4n) is 3.67. The first kappa shape index (κ1) is 17.1. The highest BCUT2D eigenvalue weighted by Gasteiger charge is 2.28. The van der Waals surface area contributed by atoms with Crippen molar-refractivity contribution in [2.45, 2.75) is 19.3 Å². The van der Waals surface area contributed by atoms with E-state index in [0.717, 1.165) is 44.1 Å². The van der Waals surface area contributed by atoms with Crippen LogP contribution in [-0.4, -0.2) is 53.5 Å². The minimum Gasteiger partial charge on any atom is -0.507 e. The molecule has 2 aromatic rings. The summed E-state index contributed by atoms with van der Waals surface area (Å²) in [7, 11) is 0. The van der Waals surface area contributed by atoms with Crippen LogP contribution < -0.4 is 0 Å². The molecule has 2 aromatic carbocycles. The zero-order chi connectivity index (χ0) is 17.9. The number of carbonyl (C=O) groups is 1. The summed E-state index contributed by atoms with van der Waals surface area (Å²) in [6, 6.07) is 15.6. The minimum absolute atomic E-state index is 0.0523. The number of rotatable bonds is 5. The van der Waals surface area contributed by atoms with E-state index in [1.54, 1.807) is 6.07 Å². The summed E-state index contributed by atoms with van der Waals surface area (Å²) < 4.78 is 0. The Labute approximate surface area is 155 Å². The number of carbonyl (C=O) groups excluding carboxylic acids is 1. The maximum Gasteiger partial charge on any atom is 0.257 e. The van der Waals surface area contributed by atoms with Gasteiger partial charge in [0.25, 0.3) is 5.91 Å². The summed E-state index contributed by atoms with van der Waals surface area (Å²) >= 11 is 0. The molecule has 1 aliphatic carbocycles. The van der Waals surface area contributed by atoms with E-state index in [4.69, 9.17) is 0 Å². The number of hydrogen-bond acceptors (Lipinski definition) is 3. The molecule has 0 spiro atoms. The van der Waals surface area contributed by atoms with Crippen molar-refractivity contribution < 1.29 is 9.90 Å². The third kappa shape index (κ3) is 4.07. The van der Waals surface area contributed by atoms with Gasteiger partial charge in [-0.3, -0.25) is 9.69 Å². The van der Waals surface area contributed by atoms with Crippen LogP contribution in [0.2, 0.25) is 0 Å². The molecule has 2 fully saturated rings. The fraction of sp³-hybridized carbons (Fsp3) is 0.409. The number of amides is 1. The molecule has 1 N–H and O–H groups in total. The fourth-order valence-corrected chi connectivity index (χ4v) is 3.67. The lowest BCUT2D eigenvalue weighted by Gasteiger charge is -2.35. The smallest absolute Gasteiger partial charge is 0.257 e. The normalized spacial score (nSPS) is 18.1. The van der Waals surface area contributed by atoms with Crippen molar-refractivity contribution in [2.75, 3.05) is 32.7 Å². The third-order valence-electron chi connectivity index (χ3n) is 5.42. The predicted octanol–water partition coefficient (Wildman–Crippen LogP) is 3.15. The van der Waals surface area contributed by atoms with Crippen LogP contribution in [-0.2, 0) is 6.42 Å². The van der Waals surface area contributed by atoms with Gasteiger partial charge in [-0.15, -0.1) is 0 Å². The monoisotopic (exact) mass is 350 g/mol. The van der Waals surface area contributed by atoms with E-state index in [1.165, 1.54) is 24.9 Å². The summed E-state index contributed by atoms with van der Waals surface area (Å²) in [5, 5.41) is 10.2. The van der Waals surface area contributed by atoms with Gasteiger partial charge in [-0.2, -0.15) is 0 Å². The van der Waals surface area contributed by atoms with Crippen molar-refractivity contribution in [3.8, 4) is 5.75 Å². The Morgan fingerprint density at radius 2 is 1.69 bits per heavy atom. The molecule has 4 heteroatoms. The van der Waals surface area contributed by atoms with Gasteiger partial charge in [-0.1, -0.05) is 36.4 Å². The maximum atomic E-state index is 12.9. The van der Waals surface area contributed by atoms with E-state index in [2.05, 4.69) is 17.0 Å². The molecule has 0 aromatic heterocycles. The second-order valence-electron chi connectivity index (χ2n) is 7.55. The summed E-state index contributed by atoms with van der Waals surface area (Å²) in [5.74, 6) is 0.909. The molecule has 1 saturated heterocycles. The van der Waals surface area contributed by atoms with Crippen molar-refractivity contribution in [2.24, 2.45) is 5.92 Å². The van der Waals surface area contributed by atoms with E-state index in [-0.39, 0.29) is 11.7 Å². The number of piperazine rings is 1. The standard InChI is InChI=1S/C22H26N2O2/c25-21-9-8-19(14-17-4-2-1-3-5-17)15-20(21)22(26)24-12-10-23(11-13-24)16-18-6-7-18/h1-5,8-9,15,18,25H,6-7,10-14,16H2. The highest BCUT2D eigenvalue weighted by molar-refractivity contribution is 5.97. The van der Waals surface area contributed by atoms with Crippen LogP contribution in [0.3, 0.4) is 0 Å². The van der Waals surface area contributed by atoms with Gasteiger partial charge < -0.3 is 10.0 Å². The molecule has 0 unspecified atom stereocenters. The Balaban J connectivity index is 1.42. The number of aromatic hydroxyl groups is 1. The van der Waals surface area contributed by atoms with Crippen molar-refractivity contribution >= 4 is 5.91 Å². The molecule has 26 heavy (non-hydrogen) atoms. The molecule has 1 amide bonds. The first-order valence-electron chi connectivity index (χ1n) is 9.56. The highest BCUT2D eigenvalue weighted by atomic mass is 16.3. The van der Waals surface area contributed by atoms with Gasteiger partial charge in [0.15, 0.2) is 0 Å². The highest BCUT2D eigenvalue weighted by Crippen LogP contribution is 2.30. The number of phenols is 1. The quantitative estimate of drug-likeness (QED) is 0.901. The summed E-state index contributed by atoms with van der Waals surface area (Å²) in [6.07, 6.45) is 3.49. The van der Waals surface area contributed by atoms with Crippen LogP contribution in [0.15, 0.2) is 48.5 Å². The van der Waals surface area contributed by atoms with Crippen LogP contribution in [0.1, 0.15) is 34.3 Å². The first-order chi connectivity index (χ1) is 12.7. The number of hydrogen-bond donors (Lipinski definition) is 1. The average Bonchev–Trinajstić information content (AvgIpc) is 3.48. The largest absolute Gasteiger partial charge is 0.507 e. The van der Waals surface area contributed by atoms with Gasteiger partial charge in [0.05, 0.1) is 5.56 Å². The third-order valence-corrected chi connectivity index (χ3v) is 5.42. The van der Waals surface area contributed by atoms with Gasteiger partial charge in [-0.25, -0.2) is 0 Å². The van der Waals surface area contributed by atoms with Gasteiger partial charge in [0, 0.05) is 32.7 Å². The Bertz CT molecular complexity index is 763. The molecule has 0 radical (unpaired) electrons. The molecule has 1 heterocycles. The van der Waals surface area contributed by atoms with Crippen LogP contribution in [0.25, 0.3) is 0 Å². The molecule has 4 nitrogen and oxygen atoms in total. The van der Waals surface area contributed by atoms with Crippen LogP contribution in [0.4, 0.5) is 0 Å². The van der Waals surface area contributed by atoms with Crippen LogP contribution in [0.5, 0.6) is 5.75 Å².